The van der Waals surface area contributed by atoms with Gasteiger partial charge in [0, 0.05) is 5.39 Å². The lowest BCUT2D eigenvalue weighted by molar-refractivity contribution is 0.0524. The molecule has 1 aromatic heterocycles. The van der Waals surface area contributed by atoms with Crippen molar-refractivity contribution in [2.45, 2.75) is 6.61 Å². The average Bonchev–Trinajstić information content (AvgIpc) is 2.66. The quantitative estimate of drug-likeness (QED) is 0.574. The Morgan fingerprint density at radius 3 is 3.00 bits per heavy atom. The van der Waals surface area contributed by atoms with E-state index in [9.17, 15) is 4.79 Å². The van der Waals surface area contributed by atoms with Crippen molar-refractivity contribution in [2.24, 2.45) is 0 Å². The van der Waals surface area contributed by atoms with Gasteiger partial charge >= 0.3 is 5.97 Å². The summed E-state index contributed by atoms with van der Waals surface area (Å²) in [5, 5.41) is 0.847. The fraction of sp³-hybridized carbons (Fsp3) is 0.100. The van der Waals surface area contributed by atoms with Crippen LogP contribution in [0.1, 0.15) is 16.1 Å². The molecule has 3 rings (SSSR count). The Morgan fingerprint density at radius 1 is 1.23 bits per heavy atom. The number of hydrogen-bond donors (Lipinski definition) is 0. The normalized spacial score (nSPS) is 14.6. The summed E-state index contributed by atoms with van der Waals surface area (Å²) in [6.45, 7) is 0.267. The molecule has 0 bridgehead atoms. The number of benzene rings is 1. The first kappa shape index (κ1) is 6.71. The standard InChI is InChI=1S/C10H6O3/c11-10-9-6-3-1-2-4-7(6)13-8(9)5-12-10/h1-4H,5H2. The number of furan rings is 1. The fourth-order valence-electron chi connectivity index (χ4n) is 1.62. The first-order valence-corrected chi connectivity index (χ1v) is 4.04. The van der Waals surface area contributed by atoms with Crippen LogP contribution in [0.4, 0.5) is 0 Å². The van der Waals surface area contributed by atoms with Gasteiger partial charge in [-0.05, 0) is 6.07 Å². The third-order valence-corrected chi connectivity index (χ3v) is 2.21. The van der Waals surface area contributed by atoms with E-state index in [0.29, 0.717) is 11.3 Å². The Bertz CT molecular complexity index is 496. The van der Waals surface area contributed by atoms with Crippen molar-refractivity contribution in [3.8, 4) is 0 Å². The lowest BCUT2D eigenvalue weighted by atomic mass is 10.1. The maximum absolute atomic E-state index is 11.3. The van der Waals surface area contributed by atoms with Crippen LogP contribution in [0.15, 0.2) is 28.7 Å². The van der Waals surface area contributed by atoms with Crippen molar-refractivity contribution in [2.75, 3.05) is 0 Å². The van der Waals surface area contributed by atoms with E-state index in [4.69, 9.17) is 9.15 Å². The van der Waals surface area contributed by atoms with Gasteiger partial charge in [0.1, 0.15) is 11.1 Å². The summed E-state index contributed by atoms with van der Waals surface area (Å²) >= 11 is 0. The van der Waals surface area contributed by atoms with Crippen LogP contribution in [0.2, 0.25) is 0 Å². The zero-order chi connectivity index (χ0) is 8.84. The Kier molecular flexibility index (Phi) is 1.10. The number of esters is 1. The molecule has 0 unspecified atom stereocenters. The van der Waals surface area contributed by atoms with Crippen LogP contribution in [0.3, 0.4) is 0 Å². The van der Waals surface area contributed by atoms with Crippen LogP contribution in [0.25, 0.3) is 11.0 Å². The molecular weight excluding hydrogens is 168 g/mol. The molecule has 2 aromatic rings. The first-order valence-electron chi connectivity index (χ1n) is 4.04. The van der Waals surface area contributed by atoms with Crippen molar-refractivity contribution in [3.05, 3.63) is 35.6 Å². The minimum Gasteiger partial charge on any atom is -0.456 e. The smallest absolute Gasteiger partial charge is 0.342 e. The highest BCUT2D eigenvalue weighted by atomic mass is 16.5. The molecule has 2 heterocycles. The Balaban J connectivity index is 2.46. The van der Waals surface area contributed by atoms with Gasteiger partial charge in [0.15, 0.2) is 12.4 Å². The molecule has 13 heavy (non-hydrogen) atoms. The number of rotatable bonds is 0. The number of fused-ring (bicyclic) bond motifs is 3. The highest BCUT2D eigenvalue weighted by Gasteiger charge is 2.28. The summed E-state index contributed by atoms with van der Waals surface area (Å²) < 4.78 is 10.3. The van der Waals surface area contributed by atoms with E-state index in [2.05, 4.69) is 0 Å². The molecule has 0 N–H and O–H groups in total. The molecule has 0 amide bonds. The third kappa shape index (κ3) is 0.758. The molecule has 1 aliphatic heterocycles. The molecule has 0 atom stereocenters. The number of carbonyl (C=O) groups is 1. The number of carbonyl (C=O) groups excluding carboxylic acids is 1. The van der Waals surface area contributed by atoms with Crippen LogP contribution in [-0.2, 0) is 11.3 Å². The predicted octanol–water partition coefficient (Wildman–Crippen LogP) is 2.10. The number of hydrogen-bond acceptors (Lipinski definition) is 3. The van der Waals surface area contributed by atoms with Crippen LogP contribution >= 0.6 is 0 Å². The topological polar surface area (TPSA) is 39.4 Å². The van der Waals surface area contributed by atoms with Gasteiger partial charge in [-0.15, -0.1) is 0 Å². The van der Waals surface area contributed by atoms with Crippen molar-refractivity contribution in [1.29, 1.82) is 0 Å². The maximum Gasteiger partial charge on any atom is 0.342 e. The van der Waals surface area contributed by atoms with Gasteiger partial charge in [-0.25, -0.2) is 4.79 Å². The van der Waals surface area contributed by atoms with Crippen LogP contribution in [0, 0.1) is 0 Å². The highest BCUT2D eigenvalue weighted by Crippen LogP contribution is 2.30. The van der Waals surface area contributed by atoms with E-state index in [1.54, 1.807) is 0 Å². The minimum atomic E-state index is -0.278. The lowest BCUT2D eigenvalue weighted by Crippen LogP contribution is -1.92. The van der Waals surface area contributed by atoms with E-state index >= 15 is 0 Å². The second-order valence-corrected chi connectivity index (χ2v) is 2.97. The van der Waals surface area contributed by atoms with Crippen molar-refractivity contribution in [1.82, 2.24) is 0 Å². The van der Waals surface area contributed by atoms with Gasteiger partial charge in [0.2, 0.25) is 0 Å². The number of para-hydroxylation sites is 1. The number of cyclic esters (lactones) is 1. The lowest BCUT2D eigenvalue weighted by Gasteiger charge is -1.91. The van der Waals surface area contributed by atoms with E-state index in [1.807, 2.05) is 24.3 Å². The summed E-state index contributed by atoms with van der Waals surface area (Å²) in [7, 11) is 0. The Morgan fingerprint density at radius 2 is 2.08 bits per heavy atom. The van der Waals surface area contributed by atoms with Gasteiger partial charge in [-0.3, -0.25) is 0 Å². The molecule has 0 radical (unpaired) electrons. The predicted molar refractivity (Wildman–Crippen MR) is 45.3 cm³/mol. The molecule has 64 valence electrons. The second kappa shape index (κ2) is 2.13. The van der Waals surface area contributed by atoms with Gasteiger partial charge < -0.3 is 9.15 Å². The van der Waals surface area contributed by atoms with E-state index in [-0.39, 0.29) is 12.6 Å². The molecule has 3 nitrogen and oxygen atoms in total. The maximum atomic E-state index is 11.3. The van der Waals surface area contributed by atoms with Crippen molar-refractivity contribution in [3.63, 3.8) is 0 Å². The van der Waals surface area contributed by atoms with Crippen LogP contribution in [0.5, 0.6) is 0 Å². The molecule has 0 spiro atoms. The molecule has 0 fully saturated rings. The summed E-state index contributed by atoms with van der Waals surface area (Å²) in [6.07, 6.45) is 0. The van der Waals surface area contributed by atoms with Gasteiger partial charge in [0.25, 0.3) is 0 Å². The Labute approximate surface area is 73.9 Å². The molecule has 0 saturated heterocycles. The second-order valence-electron chi connectivity index (χ2n) is 2.97. The van der Waals surface area contributed by atoms with E-state index in [1.165, 1.54) is 0 Å². The fourth-order valence-corrected chi connectivity index (χ4v) is 1.62. The molecule has 1 aliphatic rings. The molecular formula is C10H6O3. The van der Waals surface area contributed by atoms with E-state index < -0.39 is 0 Å². The highest BCUT2D eigenvalue weighted by molar-refractivity contribution is 6.05. The largest absolute Gasteiger partial charge is 0.456 e. The van der Waals surface area contributed by atoms with Crippen molar-refractivity contribution < 1.29 is 13.9 Å². The summed E-state index contributed by atoms with van der Waals surface area (Å²) in [6, 6.07) is 7.47. The SMILES string of the molecule is O=C1OCc2oc3ccccc3c21. The van der Waals surface area contributed by atoms with Gasteiger partial charge in [-0.1, -0.05) is 18.2 Å². The first-order chi connectivity index (χ1) is 6.36. The minimum absolute atomic E-state index is 0.267. The average molecular weight is 174 g/mol. The zero-order valence-corrected chi connectivity index (χ0v) is 6.74. The van der Waals surface area contributed by atoms with E-state index in [0.717, 1.165) is 11.0 Å². The summed E-state index contributed by atoms with van der Waals surface area (Å²) in [5.74, 6) is 0.367. The summed E-state index contributed by atoms with van der Waals surface area (Å²) in [4.78, 5) is 11.3. The molecule has 0 saturated carbocycles. The Hall–Kier alpha value is -1.77. The summed E-state index contributed by atoms with van der Waals surface area (Å²) in [5.41, 5.74) is 1.35. The molecule has 0 aliphatic carbocycles. The third-order valence-electron chi connectivity index (χ3n) is 2.21. The molecule has 3 heteroatoms. The van der Waals surface area contributed by atoms with Gasteiger partial charge in [0.05, 0.1) is 0 Å². The molecule has 1 aromatic carbocycles. The van der Waals surface area contributed by atoms with Crippen LogP contribution < -0.4 is 0 Å². The van der Waals surface area contributed by atoms with Crippen molar-refractivity contribution >= 4 is 16.9 Å². The zero-order valence-electron chi connectivity index (χ0n) is 6.74. The number of ether oxygens (including phenoxy) is 1. The van der Waals surface area contributed by atoms with Gasteiger partial charge in [-0.2, -0.15) is 0 Å². The monoisotopic (exact) mass is 174 g/mol. The van der Waals surface area contributed by atoms with Crippen LogP contribution in [-0.4, -0.2) is 5.97 Å².